The molecule has 0 N–H and O–H groups in total. The third kappa shape index (κ3) is 7.24. The first-order valence-corrected chi connectivity index (χ1v) is 15.3. The Morgan fingerprint density at radius 2 is 1.79 bits per heavy atom. The molecule has 2 aromatic rings. The molecule has 0 atom stereocenters. The number of amides is 1. The number of carbonyl (C=O) groups is 3. The highest BCUT2D eigenvalue weighted by Gasteiger charge is 2.53. The van der Waals surface area contributed by atoms with Crippen LogP contribution in [0.25, 0.3) is 0 Å². The first kappa shape index (κ1) is 30.7. The Morgan fingerprint density at radius 1 is 1.05 bits per heavy atom. The van der Waals surface area contributed by atoms with Gasteiger partial charge in [-0.1, -0.05) is 30.4 Å². The van der Waals surface area contributed by atoms with E-state index in [0.717, 1.165) is 55.7 Å². The van der Waals surface area contributed by atoms with Crippen LogP contribution >= 0.6 is 0 Å². The lowest BCUT2D eigenvalue weighted by Crippen LogP contribution is -2.56. The number of allylic oxidation sites excluding steroid dienone is 4. The summed E-state index contributed by atoms with van der Waals surface area (Å²) in [6, 6.07) is 13.6. The van der Waals surface area contributed by atoms with Crippen LogP contribution < -0.4 is 4.90 Å². The molecule has 2 aromatic carbocycles. The van der Waals surface area contributed by atoms with Gasteiger partial charge in [-0.25, -0.2) is 9.18 Å². The number of nitrogens with zero attached hydrogens (tertiary/aromatic N) is 3. The molecule has 0 aromatic heterocycles. The van der Waals surface area contributed by atoms with E-state index in [9.17, 15) is 18.8 Å². The second kappa shape index (κ2) is 12.8. The first-order chi connectivity index (χ1) is 20.5. The van der Waals surface area contributed by atoms with Crippen LogP contribution in [0.15, 0.2) is 72.3 Å². The predicted octanol–water partition coefficient (Wildman–Crippen LogP) is 6.05. The zero-order valence-electron chi connectivity index (χ0n) is 25.5. The summed E-state index contributed by atoms with van der Waals surface area (Å²) < 4.78 is 19.4. The Bertz CT molecular complexity index is 1400. The van der Waals surface area contributed by atoms with Gasteiger partial charge >= 0.3 is 5.97 Å². The number of hydrogen-bond acceptors (Lipinski definition) is 6. The Morgan fingerprint density at radius 3 is 2.47 bits per heavy atom. The van der Waals surface area contributed by atoms with Crippen molar-refractivity contribution < 1.29 is 23.5 Å². The minimum atomic E-state index is -0.730. The molecular weight excluding hydrogens is 545 g/mol. The van der Waals surface area contributed by atoms with Crippen molar-refractivity contribution in [3.05, 3.63) is 89.3 Å². The summed E-state index contributed by atoms with van der Waals surface area (Å²) in [7, 11) is 0. The fourth-order valence-corrected chi connectivity index (χ4v) is 6.29. The van der Waals surface area contributed by atoms with Crippen molar-refractivity contribution in [3.8, 4) is 0 Å². The van der Waals surface area contributed by atoms with E-state index in [0.29, 0.717) is 38.0 Å². The molecule has 1 spiro atoms. The number of piperidine rings is 1. The van der Waals surface area contributed by atoms with Gasteiger partial charge in [0.1, 0.15) is 17.0 Å². The molecule has 7 nitrogen and oxygen atoms in total. The zero-order valence-corrected chi connectivity index (χ0v) is 25.5. The second-order valence-corrected chi connectivity index (χ2v) is 12.8. The molecule has 1 aliphatic carbocycles. The topological polar surface area (TPSA) is 70.2 Å². The van der Waals surface area contributed by atoms with E-state index in [1.807, 2.05) is 50.0 Å². The van der Waals surface area contributed by atoms with E-state index >= 15 is 0 Å². The number of benzene rings is 2. The number of ketones is 1. The van der Waals surface area contributed by atoms with Crippen molar-refractivity contribution >= 4 is 23.3 Å². The highest BCUT2D eigenvalue weighted by atomic mass is 19.1. The molecule has 5 rings (SSSR count). The van der Waals surface area contributed by atoms with Gasteiger partial charge in [-0.2, -0.15) is 0 Å². The van der Waals surface area contributed by atoms with Gasteiger partial charge in [0.25, 0.3) is 0 Å². The van der Waals surface area contributed by atoms with Crippen LogP contribution in [0.3, 0.4) is 0 Å². The maximum absolute atomic E-state index is 14.2. The summed E-state index contributed by atoms with van der Waals surface area (Å²) in [6.07, 6.45) is 10.4. The van der Waals surface area contributed by atoms with Crippen molar-refractivity contribution in [1.82, 2.24) is 9.80 Å². The summed E-state index contributed by atoms with van der Waals surface area (Å²) in [5, 5.41) is 0. The summed E-state index contributed by atoms with van der Waals surface area (Å²) in [6.45, 7) is 8.52. The molecule has 2 saturated heterocycles. The van der Waals surface area contributed by atoms with E-state index in [2.05, 4.69) is 15.9 Å². The molecule has 2 heterocycles. The molecule has 2 aliphatic heterocycles. The maximum Gasteiger partial charge on any atom is 0.338 e. The van der Waals surface area contributed by atoms with Crippen molar-refractivity contribution in [3.63, 3.8) is 0 Å². The molecule has 43 heavy (non-hydrogen) atoms. The summed E-state index contributed by atoms with van der Waals surface area (Å²) in [4.78, 5) is 45.7. The average Bonchev–Trinajstić information content (AvgIpc) is 3.24. The lowest BCUT2D eigenvalue weighted by Gasteiger charge is -2.43. The van der Waals surface area contributed by atoms with Crippen molar-refractivity contribution in [2.75, 3.05) is 31.2 Å². The van der Waals surface area contributed by atoms with Gasteiger partial charge in [-0.05, 0) is 107 Å². The fraction of sp³-hybridized carbons (Fsp3) is 0.457. The number of anilines is 1. The minimum Gasteiger partial charge on any atom is -0.456 e. The number of Topliss-reactive ketones (excluding diaryl/α,β-unsaturated/α-hetero) is 1. The number of likely N-dealkylation sites (tertiary alicyclic amines) is 1. The molecule has 2 fully saturated rings. The Balaban J connectivity index is 1.27. The van der Waals surface area contributed by atoms with Gasteiger partial charge in [-0.15, -0.1) is 0 Å². The Kier molecular flexibility index (Phi) is 9.16. The second-order valence-electron chi connectivity index (χ2n) is 12.8. The van der Waals surface area contributed by atoms with Gasteiger partial charge in [-0.3, -0.25) is 9.59 Å². The van der Waals surface area contributed by atoms with Crippen LogP contribution in [0.4, 0.5) is 10.1 Å². The summed E-state index contributed by atoms with van der Waals surface area (Å²) in [5.74, 6) is -0.430. The molecule has 0 bridgehead atoms. The Hall–Kier alpha value is -3.78. The molecular formula is C35H42FN3O4. The highest BCUT2D eigenvalue weighted by Crippen LogP contribution is 2.40. The fourth-order valence-electron chi connectivity index (χ4n) is 6.29. The van der Waals surface area contributed by atoms with Gasteiger partial charge in [0, 0.05) is 31.7 Å². The van der Waals surface area contributed by atoms with Crippen molar-refractivity contribution in [2.24, 2.45) is 0 Å². The van der Waals surface area contributed by atoms with Crippen LogP contribution in [0.2, 0.25) is 0 Å². The molecule has 3 aliphatic rings. The lowest BCUT2D eigenvalue weighted by atomic mass is 9.85. The van der Waals surface area contributed by atoms with E-state index in [4.69, 9.17) is 4.74 Å². The summed E-state index contributed by atoms with van der Waals surface area (Å²) in [5.41, 5.74) is 1.70. The molecule has 0 radical (unpaired) electrons. The number of carbonyl (C=O) groups excluding carboxylic acids is 3. The van der Waals surface area contributed by atoms with Gasteiger partial charge in [0.2, 0.25) is 5.91 Å². The monoisotopic (exact) mass is 587 g/mol. The van der Waals surface area contributed by atoms with Crippen LogP contribution in [0.5, 0.6) is 0 Å². The van der Waals surface area contributed by atoms with Crippen LogP contribution in [-0.2, 0) is 20.9 Å². The third-order valence-electron chi connectivity index (χ3n) is 8.52. The smallest absolute Gasteiger partial charge is 0.338 e. The number of hydrogen-bond donors (Lipinski definition) is 0. The number of ether oxygens (including phenoxy) is 1. The van der Waals surface area contributed by atoms with Crippen LogP contribution in [-0.4, -0.2) is 64.9 Å². The average molecular weight is 588 g/mol. The third-order valence-corrected chi connectivity index (χ3v) is 8.52. The predicted molar refractivity (Wildman–Crippen MR) is 165 cm³/mol. The van der Waals surface area contributed by atoms with E-state index in [1.165, 1.54) is 12.1 Å². The molecule has 8 heteroatoms. The number of halogens is 1. The van der Waals surface area contributed by atoms with E-state index in [-0.39, 0.29) is 17.5 Å². The normalized spacial score (nSPS) is 18.7. The number of esters is 1. The SMILES string of the molecule is CC(C)(C)OC(=O)c1cccc(CN2CN(c3ccc(F)cc3)C3(CCN(CCCC(=O)C4=CC=CCC4)CC3)C2=O)c1. The van der Waals surface area contributed by atoms with Gasteiger partial charge in [0.15, 0.2) is 5.78 Å². The summed E-state index contributed by atoms with van der Waals surface area (Å²) >= 11 is 0. The van der Waals surface area contributed by atoms with Crippen LogP contribution in [0, 0.1) is 5.82 Å². The molecule has 228 valence electrons. The van der Waals surface area contributed by atoms with Crippen LogP contribution in [0.1, 0.15) is 75.2 Å². The standard InChI is InChI=1S/C35H42FN3O4/c1-34(2,3)43-32(41)28-12-7-9-26(23-28)24-38-25-39(30-16-14-29(36)15-17-30)35(33(38)42)18-21-37(22-19-35)20-8-13-31(40)27-10-5-4-6-11-27/h4-5,7,9-10,12,14-17,23H,6,8,11,13,18-22,24-25H2,1-3H3. The molecule has 0 unspecified atom stereocenters. The Labute approximate surface area is 254 Å². The minimum absolute atomic E-state index is 0.0478. The van der Waals surface area contributed by atoms with Gasteiger partial charge in [0.05, 0.1) is 12.2 Å². The quantitative estimate of drug-likeness (QED) is 0.333. The first-order valence-electron chi connectivity index (χ1n) is 15.3. The van der Waals surface area contributed by atoms with Gasteiger partial charge < -0.3 is 19.4 Å². The van der Waals surface area contributed by atoms with Crippen molar-refractivity contribution in [2.45, 2.75) is 77.0 Å². The van der Waals surface area contributed by atoms with Crippen molar-refractivity contribution in [1.29, 1.82) is 0 Å². The molecule has 0 saturated carbocycles. The maximum atomic E-state index is 14.2. The lowest BCUT2D eigenvalue weighted by molar-refractivity contribution is -0.134. The highest BCUT2D eigenvalue weighted by molar-refractivity contribution is 5.96. The zero-order chi connectivity index (χ0) is 30.6. The molecule has 1 amide bonds. The van der Waals surface area contributed by atoms with E-state index in [1.54, 1.807) is 24.3 Å². The largest absolute Gasteiger partial charge is 0.456 e. The number of rotatable bonds is 9. The van der Waals surface area contributed by atoms with E-state index < -0.39 is 17.1 Å².